The van der Waals surface area contributed by atoms with Gasteiger partial charge in [0.2, 0.25) is 0 Å². The van der Waals surface area contributed by atoms with Crippen molar-refractivity contribution in [1.82, 2.24) is 0 Å². The van der Waals surface area contributed by atoms with E-state index >= 15 is 0 Å². The summed E-state index contributed by atoms with van der Waals surface area (Å²) >= 11 is 0. The zero-order valence-corrected chi connectivity index (χ0v) is 6.32. The quantitative estimate of drug-likeness (QED) is 0.673. The molecule has 5 heteroatoms. The lowest BCUT2D eigenvalue weighted by Crippen LogP contribution is -2.52. The van der Waals surface area contributed by atoms with Gasteiger partial charge in [0.05, 0.1) is 0 Å². The van der Waals surface area contributed by atoms with Crippen LogP contribution in [0.1, 0.15) is 25.7 Å². The van der Waals surface area contributed by atoms with E-state index < -0.39 is 30.4 Å². The van der Waals surface area contributed by atoms with Crippen LogP contribution < -0.4 is 0 Å². The van der Waals surface area contributed by atoms with Gasteiger partial charge in [-0.15, -0.1) is 0 Å². The highest BCUT2D eigenvalue weighted by atomic mass is 19.3. The van der Waals surface area contributed by atoms with E-state index in [1.165, 1.54) is 0 Å². The zero-order chi connectivity index (χ0) is 9.41. The maximum atomic E-state index is 13.1. The van der Waals surface area contributed by atoms with Crippen molar-refractivity contribution in [3.63, 3.8) is 0 Å². The van der Waals surface area contributed by atoms with Gasteiger partial charge in [-0.25, -0.2) is 18.0 Å². The van der Waals surface area contributed by atoms with E-state index in [1.807, 2.05) is 0 Å². The van der Waals surface area contributed by atoms with E-state index in [-0.39, 0.29) is 12.8 Å². The van der Waals surface area contributed by atoms with Crippen molar-refractivity contribution >= 4 is 5.97 Å². The van der Waals surface area contributed by atoms with Crippen LogP contribution in [0.15, 0.2) is 0 Å². The normalized spacial score (nSPS) is 34.6. The standard InChI is InChI=1S/C7H9F3O2/c8-6(5(11)12)3-1-2-4-7(6,9)10/h1-4H2,(H,11,12). The second-order valence-electron chi connectivity index (χ2n) is 3.02. The van der Waals surface area contributed by atoms with Gasteiger partial charge in [0.1, 0.15) is 0 Å². The maximum Gasteiger partial charge on any atom is 0.347 e. The molecule has 1 saturated carbocycles. The summed E-state index contributed by atoms with van der Waals surface area (Å²) in [6.45, 7) is 0. The van der Waals surface area contributed by atoms with Crippen LogP contribution in [0.5, 0.6) is 0 Å². The van der Waals surface area contributed by atoms with Gasteiger partial charge in [0.15, 0.2) is 0 Å². The number of carbonyl (C=O) groups is 1. The summed E-state index contributed by atoms with van der Waals surface area (Å²) in [4.78, 5) is 10.2. The largest absolute Gasteiger partial charge is 0.479 e. The molecule has 1 unspecified atom stereocenters. The summed E-state index contributed by atoms with van der Waals surface area (Å²) in [5.41, 5.74) is -3.34. The van der Waals surface area contributed by atoms with Gasteiger partial charge in [0.25, 0.3) is 11.6 Å². The number of carboxylic acids is 1. The van der Waals surface area contributed by atoms with Crippen LogP contribution in [0.4, 0.5) is 13.2 Å². The molecule has 1 aliphatic carbocycles. The van der Waals surface area contributed by atoms with Gasteiger partial charge >= 0.3 is 5.97 Å². The summed E-state index contributed by atoms with van der Waals surface area (Å²) in [5, 5.41) is 8.28. The predicted octanol–water partition coefficient (Wildman–Crippen LogP) is 1.99. The summed E-state index contributed by atoms with van der Waals surface area (Å²) in [5.74, 6) is -5.76. The fourth-order valence-electron chi connectivity index (χ4n) is 1.36. The molecule has 12 heavy (non-hydrogen) atoms. The van der Waals surface area contributed by atoms with E-state index in [9.17, 15) is 18.0 Å². The second kappa shape index (κ2) is 2.64. The number of rotatable bonds is 1. The van der Waals surface area contributed by atoms with Crippen LogP contribution in [0.3, 0.4) is 0 Å². The van der Waals surface area contributed by atoms with Crippen LogP contribution in [-0.2, 0) is 4.79 Å². The van der Waals surface area contributed by atoms with Crippen molar-refractivity contribution in [1.29, 1.82) is 0 Å². The average molecular weight is 182 g/mol. The van der Waals surface area contributed by atoms with Crippen molar-refractivity contribution in [3.8, 4) is 0 Å². The summed E-state index contributed by atoms with van der Waals surface area (Å²) < 4.78 is 38.6. The molecule has 0 radical (unpaired) electrons. The smallest absolute Gasteiger partial charge is 0.347 e. The number of hydrogen-bond acceptors (Lipinski definition) is 1. The number of carboxylic acid groups (broad SMARTS) is 1. The molecule has 2 nitrogen and oxygen atoms in total. The lowest BCUT2D eigenvalue weighted by molar-refractivity contribution is -0.195. The summed E-state index contributed by atoms with van der Waals surface area (Å²) in [7, 11) is 0. The van der Waals surface area contributed by atoms with Crippen molar-refractivity contribution in [2.75, 3.05) is 0 Å². The third-order valence-corrected chi connectivity index (χ3v) is 2.18. The van der Waals surface area contributed by atoms with Gasteiger partial charge in [0, 0.05) is 6.42 Å². The highest BCUT2D eigenvalue weighted by molar-refractivity contribution is 5.79. The fourth-order valence-corrected chi connectivity index (χ4v) is 1.36. The molecule has 0 bridgehead atoms. The molecular formula is C7H9F3O2. The van der Waals surface area contributed by atoms with Gasteiger partial charge < -0.3 is 5.11 Å². The number of halogens is 3. The minimum atomic E-state index is -3.71. The number of alkyl halides is 3. The molecule has 1 fully saturated rings. The highest BCUT2D eigenvalue weighted by Crippen LogP contribution is 2.44. The molecule has 1 aliphatic rings. The van der Waals surface area contributed by atoms with Crippen LogP contribution in [0, 0.1) is 0 Å². The van der Waals surface area contributed by atoms with E-state index in [4.69, 9.17) is 5.11 Å². The Bertz CT molecular complexity index is 205. The van der Waals surface area contributed by atoms with E-state index in [2.05, 4.69) is 0 Å². The van der Waals surface area contributed by atoms with Crippen LogP contribution in [-0.4, -0.2) is 22.7 Å². The van der Waals surface area contributed by atoms with Gasteiger partial charge in [-0.3, -0.25) is 0 Å². The summed E-state index contributed by atoms with van der Waals surface area (Å²) in [6.07, 6.45) is -0.866. The first-order valence-electron chi connectivity index (χ1n) is 3.70. The minimum absolute atomic E-state index is 0.186. The van der Waals surface area contributed by atoms with Crippen LogP contribution >= 0.6 is 0 Å². The fraction of sp³-hybridized carbons (Fsp3) is 0.857. The zero-order valence-electron chi connectivity index (χ0n) is 6.32. The first kappa shape index (κ1) is 9.35. The van der Waals surface area contributed by atoms with Crippen molar-refractivity contribution in [3.05, 3.63) is 0 Å². The van der Waals surface area contributed by atoms with Crippen LogP contribution in [0.25, 0.3) is 0 Å². The van der Waals surface area contributed by atoms with Gasteiger partial charge in [-0.05, 0) is 19.3 Å². The van der Waals surface area contributed by atoms with Gasteiger partial charge in [-0.2, -0.15) is 0 Å². The predicted molar refractivity (Wildman–Crippen MR) is 34.9 cm³/mol. The maximum absolute atomic E-state index is 13.1. The first-order valence-corrected chi connectivity index (χ1v) is 3.70. The van der Waals surface area contributed by atoms with E-state index in [1.54, 1.807) is 0 Å². The molecule has 1 atom stereocenters. The molecule has 0 aromatic heterocycles. The van der Waals surface area contributed by atoms with E-state index in [0.29, 0.717) is 0 Å². The monoisotopic (exact) mass is 182 g/mol. The van der Waals surface area contributed by atoms with E-state index in [0.717, 1.165) is 0 Å². The molecule has 0 aromatic rings. The Morgan fingerprint density at radius 3 is 2.00 bits per heavy atom. The van der Waals surface area contributed by atoms with Gasteiger partial charge in [-0.1, -0.05) is 0 Å². The molecule has 0 amide bonds. The Hall–Kier alpha value is -0.740. The van der Waals surface area contributed by atoms with Crippen molar-refractivity contribution in [2.24, 2.45) is 0 Å². The van der Waals surface area contributed by atoms with Crippen LogP contribution in [0.2, 0.25) is 0 Å². The Kier molecular flexibility index (Phi) is 2.06. The average Bonchev–Trinajstić information content (AvgIpc) is 1.95. The second-order valence-corrected chi connectivity index (χ2v) is 3.02. The Labute approximate surface area is 67.4 Å². The highest BCUT2D eigenvalue weighted by Gasteiger charge is 2.61. The Balaban J connectivity index is 2.91. The molecule has 70 valence electrons. The Morgan fingerprint density at radius 1 is 1.17 bits per heavy atom. The molecule has 0 spiro atoms. The molecule has 1 N–H and O–H groups in total. The molecule has 0 heterocycles. The van der Waals surface area contributed by atoms with Crippen molar-refractivity contribution in [2.45, 2.75) is 37.3 Å². The third kappa shape index (κ3) is 1.17. The summed E-state index contributed by atoms with van der Waals surface area (Å²) in [6, 6.07) is 0. The topological polar surface area (TPSA) is 37.3 Å². The Morgan fingerprint density at radius 2 is 1.67 bits per heavy atom. The molecule has 0 saturated heterocycles. The number of hydrogen-bond donors (Lipinski definition) is 1. The minimum Gasteiger partial charge on any atom is -0.479 e. The lowest BCUT2D eigenvalue weighted by Gasteiger charge is -2.33. The molecular weight excluding hydrogens is 173 g/mol. The molecule has 0 aliphatic heterocycles. The SMILES string of the molecule is O=C(O)C1(F)CCCCC1(F)F. The molecule has 0 aromatic carbocycles. The lowest BCUT2D eigenvalue weighted by atomic mass is 9.83. The third-order valence-electron chi connectivity index (χ3n) is 2.18. The number of aliphatic carboxylic acids is 1. The first-order chi connectivity index (χ1) is 5.40. The van der Waals surface area contributed by atoms with Crippen molar-refractivity contribution < 1.29 is 23.1 Å². The molecule has 1 rings (SSSR count).